The zero-order valence-electron chi connectivity index (χ0n) is 23.5. The van der Waals surface area contributed by atoms with Crippen LogP contribution in [0.2, 0.25) is 0 Å². The van der Waals surface area contributed by atoms with Gasteiger partial charge in [-0.05, 0) is 35.4 Å². The van der Waals surface area contributed by atoms with Crippen LogP contribution in [0, 0.1) is 58.2 Å². The average Bonchev–Trinajstić information content (AvgIpc) is 3.31. The molecule has 0 radical (unpaired) electrons. The van der Waals surface area contributed by atoms with Gasteiger partial charge in [0.05, 0.1) is 37.4 Å². The summed E-state index contributed by atoms with van der Waals surface area (Å²) < 4.78 is 174. The third-order valence-electron chi connectivity index (χ3n) is 7.39. The molecule has 1 aliphatic rings. The van der Waals surface area contributed by atoms with E-state index in [2.05, 4.69) is 0 Å². The van der Waals surface area contributed by atoms with Gasteiger partial charge in [-0.15, -0.1) is 0 Å². The molecule has 0 aliphatic carbocycles. The van der Waals surface area contributed by atoms with Gasteiger partial charge in [-0.2, -0.15) is 8.61 Å². The number of rotatable bonds is 8. The third kappa shape index (κ3) is 5.58. The van der Waals surface area contributed by atoms with E-state index in [1.807, 2.05) is 0 Å². The summed E-state index contributed by atoms with van der Waals surface area (Å²) in [5.74, 6) is -24.1. The quantitative estimate of drug-likeness (QED) is 0.110. The van der Waals surface area contributed by atoms with Crippen LogP contribution in [-0.2, 0) is 24.3 Å². The van der Waals surface area contributed by atoms with Gasteiger partial charge in [0.1, 0.15) is 11.5 Å². The minimum atomic E-state index is -2.78. The highest BCUT2D eigenvalue weighted by atomic mass is 32.2. The maximum atomic E-state index is 15.5. The lowest BCUT2D eigenvalue weighted by molar-refractivity contribution is 0.227. The molecule has 1 saturated heterocycles. The van der Waals surface area contributed by atoms with Gasteiger partial charge in [-0.1, -0.05) is 24.3 Å². The summed E-state index contributed by atoms with van der Waals surface area (Å²) >= 11 is -2.78. The summed E-state index contributed by atoms with van der Waals surface area (Å²) in [4.78, 5) is 0. The fourth-order valence-corrected chi connectivity index (χ4v) is 6.76. The van der Waals surface area contributed by atoms with Crippen LogP contribution in [0.25, 0.3) is 0 Å². The van der Waals surface area contributed by atoms with Crippen molar-refractivity contribution in [2.45, 2.75) is 25.2 Å². The summed E-state index contributed by atoms with van der Waals surface area (Å²) in [7, 11) is 2.69. The second-order valence-corrected chi connectivity index (χ2v) is 11.3. The van der Waals surface area contributed by atoms with E-state index in [1.165, 1.54) is 62.8 Å². The van der Waals surface area contributed by atoms with Gasteiger partial charge in [0.25, 0.3) is 0 Å². The van der Waals surface area contributed by atoms with E-state index in [1.54, 1.807) is 0 Å². The molecule has 0 aromatic heterocycles. The van der Waals surface area contributed by atoms with Crippen LogP contribution in [0.15, 0.2) is 48.5 Å². The van der Waals surface area contributed by atoms with E-state index in [0.29, 0.717) is 20.1 Å². The zero-order valence-corrected chi connectivity index (χ0v) is 24.3. The first-order chi connectivity index (χ1) is 21.8. The highest BCUT2D eigenvalue weighted by Gasteiger charge is 2.53. The van der Waals surface area contributed by atoms with Crippen molar-refractivity contribution in [2.75, 3.05) is 14.2 Å². The van der Waals surface area contributed by atoms with Gasteiger partial charge in [0, 0.05) is 13.1 Å². The summed E-state index contributed by atoms with van der Waals surface area (Å²) in [6, 6.07) is 6.23. The molecule has 1 heterocycles. The van der Waals surface area contributed by atoms with Crippen molar-refractivity contribution in [3.8, 4) is 11.5 Å². The fraction of sp³-hybridized carbons (Fsp3) is 0.200. The number of methoxy groups -OCH3 is 2. The fourth-order valence-electron chi connectivity index (χ4n) is 5.14. The van der Waals surface area contributed by atoms with Gasteiger partial charge >= 0.3 is 0 Å². The molecule has 4 aromatic carbocycles. The van der Waals surface area contributed by atoms with Crippen LogP contribution in [0.3, 0.4) is 0 Å². The summed E-state index contributed by atoms with van der Waals surface area (Å²) in [6.45, 7) is -1.27. The van der Waals surface area contributed by atoms with Gasteiger partial charge < -0.3 is 9.47 Å². The number of nitrogens with zero attached hydrogens (tertiary/aromatic N) is 2. The highest BCUT2D eigenvalue weighted by molar-refractivity contribution is 7.80. The largest absolute Gasteiger partial charge is 0.497 e. The minimum Gasteiger partial charge on any atom is -0.497 e. The molecule has 0 N–H and O–H groups in total. The van der Waals surface area contributed by atoms with Crippen LogP contribution >= 0.6 is 0 Å². The van der Waals surface area contributed by atoms with Crippen molar-refractivity contribution < 1.29 is 57.6 Å². The number of benzene rings is 4. The van der Waals surface area contributed by atoms with E-state index < -0.39 is 106 Å². The molecule has 0 saturated carbocycles. The van der Waals surface area contributed by atoms with E-state index in [4.69, 9.17) is 9.47 Å². The normalized spacial score (nSPS) is 17.6. The average molecular weight is 679 g/mol. The Morgan fingerprint density at radius 2 is 0.761 bits per heavy atom. The first-order valence-electron chi connectivity index (χ1n) is 13.1. The van der Waals surface area contributed by atoms with Crippen LogP contribution in [0.4, 0.5) is 43.9 Å². The Balaban J connectivity index is 1.81. The number of ether oxygens (including phenoxy) is 2. The Morgan fingerprint density at radius 1 is 0.500 bits per heavy atom. The lowest BCUT2D eigenvalue weighted by Gasteiger charge is -2.29. The number of halogens is 10. The molecule has 0 spiro atoms. The molecule has 5 nitrogen and oxygen atoms in total. The SMILES string of the molecule is COc1ccc(CN2[C@@H](c3c(F)c(F)c(F)c(F)c3F)[C@H](c3c(F)c(F)c(F)c(F)c3F)N(Cc3ccc(OC)cc3)S2=O)cc1. The van der Waals surface area contributed by atoms with Gasteiger partial charge in [0.15, 0.2) is 57.7 Å². The Bertz CT molecular complexity index is 1640. The van der Waals surface area contributed by atoms with Crippen molar-refractivity contribution in [3.05, 3.63) is 129 Å². The highest BCUT2D eigenvalue weighted by Crippen LogP contribution is 2.51. The predicted octanol–water partition coefficient (Wildman–Crippen LogP) is 7.47. The summed E-state index contributed by atoms with van der Waals surface area (Å²) in [5, 5.41) is 0. The van der Waals surface area contributed by atoms with Gasteiger partial charge in [0.2, 0.25) is 11.6 Å². The molecule has 2 atom stereocenters. The Morgan fingerprint density at radius 3 is 1.02 bits per heavy atom. The second kappa shape index (κ2) is 12.9. The number of hydrogen-bond acceptors (Lipinski definition) is 3. The lowest BCUT2D eigenvalue weighted by Crippen LogP contribution is -2.29. The zero-order chi connectivity index (χ0) is 33.6. The van der Waals surface area contributed by atoms with Crippen molar-refractivity contribution in [1.82, 2.24) is 8.61 Å². The molecule has 1 aliphatic heterocycles. The summed E-state index contributed by atoms with van der Waals surface area (Å²) in [5.41, 5.74) is -3.01. The van der Waals surface area contributed by atoms with E-state index in [9.17, 15) is 30.6 Å². The third-order valence-corrected chi connectivity index (χ3v) is 8.91. The number of hydrogen-bond donors (Lipinski definition) is 0. The van der Waals surface area contributed by atoms with E-state index in [0.717, 1.165) is 0 Å². The molecular formula is C30H20F10N2O3S. The van der Waals surface area contributed by atoms with E-state index >= 15 is 17.6 Å². The van der Waals surface area contributed by atoms with Crippen LogP contribution in [0.5, 0.6) is 11.5 Å². The molecule has 16 heteroatoms. The maximum Gasteiger partial charge on any atom is 0.200 e. The smallest absolute Gasteiger partial charge is 0.200 e. The van der Waals surface area contributed by atoms with Gasteiger partial charge in [-0.25, -0.2) is 48.1 Å². The molecule has 5 rings (SSSR count). The van der Waals surface area contributed by atoms with Crippen molar-refractivity contribution in [3.63, 3.8) is 0 Å². The van der Waals surface area contributed by atoms with Crippen molar-refractivity contribution in [1.29, 1.82) is 0 Å². The predicted molar refractivity (Wildman–Crippen MR) is 143 cm³/mol. The van der Waals surface area contributed by atoms with Crippen LogP contribution in [-0.4, -0.2) is 27.0 Å². The van der Waals surface area contributed by atoms with Crippen molar-refractivity contribution in [2.24, 2.45) is 0 Å². The molecule has 0 amide bonds. The Kier molecular flexibility index (Phi) is 9.33. The molecular weight excluding hydrogens is 658 g/mol. The monoisotopic (exact) mass is 678 g/mol. The molecule has 1 fully saturated rings. The first kappa shape index (κ1) is 33.2. The molecule has 0 bridgehead atoms. The molecule has 244 valence electrons. The second-order valence-electron chi connectivity index (χ2n) is 9.93. The molecule has 0 unspecified atom stereocenters. The molecule has 4 aromatic rings. The Hall–Kier alpha value is -4.15. The van der Waals surface area contributed by atoms with Crippen LogP contribution in [0.1, 0.15) is 34.3 Å². The van der Waals surface area contributed by atoms with Crippen molar-refractivity contribution >= 4 is 11.2 Å². The topological polar surface area (TPSA) is 42.0 Å². The first-order valence-corrected chi connectivity index (χ1v) is 14.1. The molecule has 46 heavy (non-hydrogen) atoms. The van der Waals surface area contributed by atoms with Gasteiger partial charge in [-0.3, -0.25) is 0 Å². The minimum absolute atomic E-state index is 0.200. The van der Waals surface area contributed by atoms with E-state index in [-0.39, 0.29) is 11.1 Å². The lowest BCUT2D eigenvalue weighted by atomic mass is 9.90. The standard InChI is InChI=1S/C30H20F10N2O3S/c1-44-15-7-3-13(4-8-15)11-41-29(17-19(31)23(35)27(39)24(36)20(17)32)30(18-21(33)25(37)28(40)26(38)22(18)34)42(46(41)43)12-14-5-9-16(45-2)10-6-14/h3-10,29-30H,11-12H2,1-2H3/t29-,30-/m0/s1. The Labute approximate surface area is 257 Å². The summed E-state index contributed by atoms with van der Waals surface area (Å²) in [6.07, 6.45) is 0. The van der Waals surface area contributed by atoms with Crippen LogP contribution < -0.4 is 9.47 Å². The maximum absolute atomic E-state index is 15.5.